The van der Waals surface area contributed by atoms with E-state index in [0.29, 0.717) is 6.10 Å². The van der Waals surface area contributed by atoms with E-state index >= 15 is 0 Å². The highest BCUT2D eigenvalue weighted by molar-refractivity contribution is 9.10. The van der Waals surface area contributed by atoms with Crippen LogP contribution in [0.25, 0.3) is 0 Å². The third-order valence-corrected chi connectivity index (χ3v) is 5.37. The molecule has 0 bridgehead atoms. The van der Waals surface area contributed by atoms with Gasteiger partial charge in [-0.2, -0.15) is 0 Å². The molecule has 1 N–H and O–H groups in total. The summed E-state index contributed by atoms with van der Waals surface area (Å²) in [5, 5.41) is 3.60. The SMILES string of the molecule is Brc1ccc(SCC2CCCO2)c(CNC2CC2)c1. The molecule has 1 aromatic carbocycles. The number of rotatable bonds is 6. The van der Waals surface area contributed by atoms with Crippen LogP contribution in [0.4, 0.5) is 0 Å². The molecule has 2 fully saturated rings. The van der Waals surface area contributed by atoms with Crippen molar-refractivity contribution in [3.8, 4) is 0 Å². The van der Waals surface area contributed by atoms with E-state index in [1.165, 1.54) is 40.6 Å². The molecular formula is C15H20BrNOS. The van der Waals surface area contributed by atoms with Gasteiger partial charge in [0.2, 0.25) is 0 Å². The van der Waals surface area contributed by atoms with Gasteiger partial charge in [0.15, 0.2) is 0 Å². The lowest BCUT2D eigenvalue weighted by atomic mass is 10.2. The molecule has 1 unspecified atom stereocenters. The van der Waals surface area contributed by atoms with Crippen molar-refractivity contribution in [2.24, 2.45) is 0 Å². The lowest BCUT2D eigenvalue weighted by Crippen LogP contribution is -2.16. The molecular weight excluding hydrogens is 322 g/mol. The van der Waals surface area contributed by atoms with E-state index in [2.05, 4.69) is 39.4 Å². The van der Waals surface area contributed by atoms with Gasteiger partial charge in [0.1, 0.15) is 0 Å². The molecule has 1 saturated carbocycles. The highest BCUT2D eigenvalue weighted by Gasteiger charge is 2.21. The Balaban J connectivity index is 1.60. The van der Waals surface area contributed by atoms with Crippen molar-refractivity contribution in [3.05, 3.63) is 28.2 Å². The van der Waals surface area contributed by atoms with E-state index in [0.717, 1.165) is 24.9 Å². The Kier molecular flexibility index (Phi) is 4.85. The Morgan fingerprint density at radius 1 is 1.32 bits per heavy atom. The summed E-state index contributed by atoms with van der Waals surface area (Å²) in [4.78, 5) is 1.40. The largest absolute Gasteiger partial charge is 0.377 e. The Bertz CT molecular complexity index is 430. The summed E-state index contributed by atoms with van der Waals surface area (Å²) in [6.45, 7) is 1.93. The first-order valence-electron chi connectivity index (χ1n) is 7.07. The molecule has 2 aliphatic rings. The van der Waals surface area contributed by atoms with Crippen LogP contribution >= 0.6 is 27.7 Å². The van der Waals surface area contributed by atoms with Crippen LogP contribution in [0.5, 0.6) is 0 Å². The maximum atomic E-state index is 5.70. The summed E-state index contributed by atoms with van der Waals surface area (Å²) in [6.07, 6.45) is 5.58. The molecule has 1 aliphatic heterocycles. The van der Waals surface area contributed by atoms with Gasteiger partial charge in [-0.1, -0.05) is 15.9 Å². The summed E-state index contributed by atoms with van der Waals surface area (Å²) in [5.41, 5.74) is 1.41. The molecule has 1 heterocycles. The van der Waals surface area contributed by atoms with Gasteiger partial charge in [-0.05, 0) is 49.4 Å². The van der Waals surface area contributed by atoms with E-state index in [4.69, 9.17) is 4.74 Å². The Morgan fingerprint density at radius 2 is 2.21 bits per heavy atom. The maximum Gasteiger partial charge on any atom is 0.0669 e. The molecule has 19 heavy (non-hydrogen) atoms. The third kappa shape index (κ3) is 4.22. The van der Waals surface area contributed by atoms with E-state index in [1.807, 2.05) is 11.8 Å². The number of ether oxygens (including phenoxy) is 1. The first kappa shape index (κ1) is 13.9. The van der Waals surface area contributed by atoms with Crippen molar-refractivity contribution in [1.82, 2.24) is 5.32 Å². The molecule has 2 nitrogen and oxygen atoms in total. The highest BCUT2D eigenvalue weighted by atomic mass is 79.9. The van der Waals surface area contributed by atoms with Gasteiger partial charge < -0.3 is 10.1 Å². The zero-order chi connectivity index (χ0) is 13.1. The van der Waals surface area contributed by atoms with Crippen molar-refractivity contribution in [3.63, 3.8) is 0 Å². The van der Waals surface area contributed by atoms with Crippen molar-refractivity contribution in [2.45, 2.75) is 49.3 Å². The molecule has 104 valence electrons. The van der Waals surface area contributed by atoms with Crippen LogP contribution in [0.2, 0.25) is 0 Å². The predicted molar refractivity (Wildman–Crippen MR) is 83.7 cm³/mol. The van der Waals surface area contributed by atoms with E-state index in [9.17, 15) is 0 Å². The first-order chi connectivity index (χ1) is 9.31. The fraction of sp³-hybridized carbons (Fsp3) is 0.600. The second-order valence-corrected chi connectivity index (χ2v) is 7.33. The van der Waals surface area contributed by atoms with Gasteiger partial charge in [0.05, 0.1) is 6.10 Å². The van der Waals surface area contributed by atoms with Crippen LogP contribution in [0, 0.1) is 0 Å². The number of thioether (sulfide) groups is 1. The zero-order valence-corrected chi connectivity index (χ0v) is 13.4. The average molecular weight is 342 g/mol. The van der Waals surface area contributed by atoms with Crippen LogP contribution < -0.4 is 5.32 Å². The van der Waals surface area contributed by atoms with Crippen LogP contribution in [0.3, 0.4) is 0 Å². The Labute approximate surface area is 127 Å². The van der Waals surface area contributed by atoms with Crippen LogP contribution in [0.1, 0.15) is 31.2 Å². The minimum absolute atomic E-state index is 0.456. The molecule has 0 amide bonds. The molecule has 1 aliphatic carbocycles. The molecule has 1 saturated heterocycles. The summed E-state index contributed by atoms with van der Waals surface area (Å²) in [5.74, 6) is 1.08. The van der Waals surface area contributed by atoms with Gasteiger partial charge in [0.25, 0.3) is 0 Å². The standard InChI is InChI=1S/C15H20BrNOS/c16-12-3-6-15(19-10-14-2-1-7-18-14)11(8-12)9-17-13-4-5-13/h3,6,8,13-14,17H,1-2,4-5,7,9-10H2. The van der Waals surface area contributed by atoms with Crippen molar-refractivity contribution in [2.75, 3.05) is 12.4 Å². The molecule has 0 aromatic heterocycles. The van der Waals surface area contributed by atoms with Crippen molar-refractivity contribution >= 4 is 27.7 Å². The van der Waals surface area contributed by atoms with E-state index in [-0.39, 0.29) is 0 Å². The number of halogens is 1. The summed E-state index contributed by atoms with van der Waals surface area (Å²) in [7, 11) is 0. The summed E-state index contributed by atoms with van der Waals surface area (Å²) >= 11 is 5.51. The van der Waals surface area contributed by atoms with E-state index in [1.54, 1.807) is 0 Å². The number of benzene rings is 1. The molecule has 0 spiro atoms. The highest BCUT2D eigenvalue weighted by Crippen LogP contribution is 2.29. The average Bonchev–Trinajstić information content (AvgIpc) is 3.10. The third-order valence-electron chi connectivity index (χ3n) is 3.63. The Hall–Kier alpha value is -0.0300. The topological polar surface area (TPSA) is 21.3 Å². The summed E-state index contributed by atoms with van der Waals surface area (Å²) < 4.78 is 6.87. The van der Waals surface area contributed by atoms with Gasteiger partial charge >= 0.3 is 0 Å². The summed E-state index contributed by atoms with van der Waals surface area (Å²) in [6, 6.07) is 7.37. The number of hydrogen-bond acceptors (Lipinski definition) is 3. The van der Waals surface area contributed by atoms with Crippen LogP contribution in [-0.2, 0) is 11.3 Å². The van der Waals surface area contributed by atoms with Crippen molar-refractivity contribution < 1.29 is 4.74 Å². The van der Waals surface area contributed by atoms with Gasteiger partial charge in [0, 0.05) is 34.3 Å². The lowest BCUT2D eigenvalue weighted by Gasteiger charge is -2.13. The Morgan fingerprint density at radius 3 is 2.95 bits per heavy atom. The van der Waals surface area contributed by atoms with Crippen LogP contribution in [-0.4, -0.2) is 24.5 Å². The second-order valence-electron chi connectivity index (χ2n) is 5.35. The quantitative estimate of drug-likeness (QED) is 0.791. The number of nitrogens with one attached hydrogen (secondary N) is 1. The lowest BCUT2D eigenvalue weighted by molar-refractivity contribution is 0.129. The van der Waals surface area contributed by atoms with Crippen LogP contribution in [0.15, 0.2) is 27.6 Å². The van der Waals surface area contributed by atoms with Gasteiger partial charge in [-0.15, -0.1) is 11.8 Å². The fourth-order valence-electron chi connectivity index (χ4n) is 2.33. The van der Waals surface area contributed by atoms with Gasteiger partial charge in [-0.3, -0.25) is 0 Å². The smallest absolute Gasteiger partial charge is 0.0669 e. The monoisotopic (exact) mass is 341 g/mol. The van der Waals surface area contributed by atoms with Gasteiger partial charge in [-0.25, -0.2) is 0 Å². The minimum Gasteiger partial charge on any atom is -0.377 e. The number of hydrogen-bond donors (Lipinski definition) is 1. The molecule has 0 radical (unpaired) electrons. The molecule has 3 rings (SSSR count). The zero-order valence-electron chi connectivity index (χ0n) is 11.0. The maximum absolute atomic E-state index is 5.70. The normalized spacial score (nSPS) is 22.9. The fourth-order valence-corrected chi connectivity index (χ4v) is 3.84. The first-order valence-corrected chi connectivity index (χ1v) is 8.85. The van der Waals surface area contributed by atoms with Crippen molar-refractivity contribution in [1.29, 1.82) is 0 Å². The molecule has 1 aromatic rings. The molecule has 1 atom stereocenters. The predicted octanol–water partition coefficient (Wildman–Crippen LogP) is 3.97. The second kappa shape index (κ2) is 6.61. The minimum atomic E-state index is 0.456. The van der Waals surface area contributed by atoms with E-state index < -0.39 is 0 Å². The molecule has 4 heteroatoms.